The fraction of sp³-hybridized carbons (Fsp3) is 0.263. The highest BCUT2D eigenvalue weighted by atomic mass is 32.2. The van der Waals surface area contributed by atoms with Crippen molar-refractivity contribution in [2.45, 2.75) is 18.0 Å². The third-order valence-corrected chi connectivity index (χ3v) is 6.44. The summed E-state index contributed by atoms with van der Waals surface area (Å²) in [5, 5.41) is 5.51. The minimum Gasteiger partial charge on any atom is -0.497 e. The van der Waals surface area contributed by atoms with E-state index in [1.165, 1.54) is 28.2 Å². The van der Waals surface area contributed by atoms with E-state index in [2.05, 4.69) is 9.59 Å². The van der Waals surface area contributed by atoms with Gasteiger partial charge >= 0.3 is 5.97 Å². The fourth-order valence-electron chi connectivity index (χ4n) is 3.03. The Morgan fingerprint density at radius 1 is 1.34 bits per heavy atom. The SMILES string of the molecule is COc1ccc(COC(=O)C2=C(/C=C\c3csnn3)CS[C@@H]3C(N)C(=O)N23)cc1. The number of hydrogen-bond donors (Lipinski definition) is 1. The molecule has 150 valence electrons. The molecule has 2 aliphatic heterocycles. The second kappa shape index (κ2) is 8.36. The molecule has 0 saturated carbocycles. The van der Waals surface area contributed by atoms with Crippen LogP contribution in [0.4, 0.5) is 0 Å². The highest BCUT2D eigenvalue weighted by molar-refractivity contribution is 8.00. The molecule has 10 heteroatoms. The van der Waals surface area contributed by atoms with Crippen molar-refractivity contribution in [1.29, 1.82) is 0 Å². The van der Waals surface area contributed by atoms with E-state index in [0.717, 1.165) is 11.3 Å². The highest BCUT2D eigenvalue weighted by Crippen LogP contribution is 2.40. The van der Waals surface area contributed by atoms with Gasteiger partial charge in [0.05, 0.1) is 12.8 Å². The van der Waals surface area contributed by atoms with Crippen LogP contribution in [0.15, 0.2) is 47.0 Å². The summed E-state index contributed by atoms with van der Waals surface area (Å²) < 4.78 is 14.4. The summed E-state index contributed by atoms with van der Waals surface area (Å²) in [6.45, 7) is 0.0885. The zero-order valence-electron chi connectivity index (χ0n) is 15.5. The van der Waals surface area contributed by atoms with Gasteiger partial charge in [-0.1, -0.05) is 22.7 Å². The van der Waals surface area contributed by atoms with Gasteiger partial charge in [-0.2, -0.15) is 0 Å². The Morgan fingerprint density at radius 2 is 2.14 bits per heavy atom. The van der Waals surface area contributed by atoms with Crippen molar-refractivity contribution in [3.8, 4) is 5.75 Å². The van der Waals surface area contributed by atoms with E-state index < -0.39 is 12.0 Å². The van der Waals surface area contributed by atoms with E-state index in [4.69, 9.17) is 15.2 Å². The lowest BCUT2D eigenvalue weighted by molar-refractivity contribution is -0.151. The number of hydrogen-bond acceptors (Lipinski definition) is 9. The number of β-lactam (4-membered cyclic amide) rings is 1. The quantitative estimate of drug-likeness (QED) is 0.546. The zero-order chi connectivity index (χ0) is 20.4. The topological polar surface area (TPSA) is 108 Å². The lowest BCUT2D eigenvalue weighted by Crippen LogP contribution is -2.68. The first-order chi connectivity index (χ1) is 14.1. The summed E-state index contributed by atoms with van der Waals surface area (Å²) in [6.07, 6.45) is 3.54. The van der Waals surface area contributed by atoms with Gasteiger partial charge in [0.1, 0.15) is 29.5 Å². The number of fused-ring (bicyclic) bond motifs is 1. The molecule has 2 aromatic rings. The molecular formula is C19H18N4O4S2. The molecule has 1 aromatic carbocycles. The van der Waals surface area contributed by atoms with E-state index in [1.807, 2.05) is 12.1 Å². The molecule has 8 nitrogen and oxygen atoms in total. The molecule has 2 N–H and O–H groups in total. The van der Waals surface area contributed by atoms with Crippen LogP contribution in [0, 0.1) is 0 Å². The Hall–Kier alpha value is -2.69. The van der Waals surface area contributed by atoms with E-state index >= 15 is 0 Å². The summed E-state index contributed by atoms with van der Waals surface area (Å²) >= 11 is 2.76. The third kappa shape index (κ3) is 3.91. The van der Waals surface area contributed by atoms with E-state index in [-0.39, 0.29) is 23.6 Å². The van der Waals surface area contributed by atoms with Gasteiger partial charge < -0.3 is 15.2 Å². The van der Waals surface area contributed by atoms with Crippen LogP contribution in [0.2, 0.25) is 0 Å². The number of nitrogens with zero attached hydrogens (tertiary/aromatic N) is 3. The van der Waals surface area contributed by atoms with Gasteiger partial charge in [-0.05, 0) is 40.9 Å². The van der Waals surface area contributed by atoms with Gasteiger partial charge in [-0.15, -0.1) is 16.9 Å². The molecule has 1 aromatic heterocycles. The van der Waals surface area contributed by atoms with Gasteiger partial charge in [0.15, 0.2) is 0 Å². The first-order valence-electron chi connectivity index (χ1n) is 8.77. The molecule has 1 saturated heterocycles. The molecule has 0 aliphatic carbocycles. The number of benzene rings is 1. The Kier molecular flexibility index (Phi) is 5.65. The van der Waals surface area contributed by atoms with Crippen molar-refractivity contribution < 1.29 is 19.1 Å². The first-order valence-corrected chi connectivity index (χ1v) is 10.7. The molecule has 0 spiro atoms. The number of rotatable bonds is 6. The molecule has 1 fully saturated rings. The lowest BCUT2D eigenvalue weighted by atomic mass is 10.0. The number of carbonyl (C=O) groups is 2. The number of esters is 1. The van der Waals surface area contributed by atoms with Crippen molar-refractivity contribution in [2.75, 3.05) is 12.9 Å². The maximum absolute atomic E-state index is 12.9. The predicted molar refractivity (Wildman–Crippen MR) is 110 cm³/mol. The minimum absolute atomic E-state index is 0.0885. The fourth-order valence-corrected chi connectivity index (χ4v) is 4.71. The second-order valence-corrected chi connectivity index (χ2v) is 8.11. The Balaban J connectivity index is 1.56. The standard InChI is InChI=1S/C19H18N4O4S2/c1-26-14-6-2-11(3-7-14)8-27-19(25)16-12(4-5-13-10-29-22-21-13)9-28-18-15(20)17(24)23(16)18/h2-7,10,15,18H,8-9,20H2,1H3/b5-4-/t15?,18-/m1/s1. The molecule has 0 radical (unpaired) electrons. The van der Waals surface area contributed by atoms with Crippen molar-refractivity contribution in [2.24, 2.45) is 5.73 Å². The molecule has 2 aliphatic rings. The molecular weight excluding hydrogens is 412 g/mol. The van der Waals surface area contributed by atoms with Gasteiger partial charge in [0.2, 0.25) is 5.91 Å². The summed E-state index contributed by atoms with van der Waals surface area (Å²) in [4.78, 5) is 26.7. The Bertz CT molecular complexity index is 973. The van der Waals surface area contributed by atoms with Crippen LogP contribution in [0.3, 0.4) is 0 Å². The summed E-state index contributed by atoms with van der Waals surface area (Å²) in [5.74, 6) is 0.435. The van der Waals surface area contributed by atoms with Crippen LogP contribution >= 0.6 is 23.3 Å². The lowest BCUT2D eigenvalue weighted by Gasteiger charge is -2.48. The summed E-state index contributed by atoms with van der Waals surface area (Å²) in [5.41, 5.74) is 8.34. The zero-order valence-corrected chi connectivity index (χ0v) is 17.1. The molecule has 0 bridgehead atoms. The number of thioether (sulfide) groups is 1. The number of ether oxygens (including phenoxy) is 2. The van der Waals surface area contributed by atoms with Crippen molar-refractivity contribution in [3.05, 3.63) is 58.2 Å². The molecule has 1 unspecified atom stereocenters. The molecule has 29 heavy (non-hydrogen) atoms. The number of aromatic nitrogens is 2. The average molecular weight is 431 g/mol. The highest BCUT2D eigenvalue weighted by Gasteiger charge is 2.51. The van der Waals surface area contributed by atoms with E-state index in [0.29, 0.717) is 17.0 Å². The number of carbonyl (C=O) groups excluding carboxylic acids is 2. The van der Waals surface area contributed by atoms with Crippen molar-refractivity contribution >= 4 is 41.2 Å². The predicted octanol–water partition coefficient (Wildman–Crippen LogP) is 1.80. The van der Waals surface area contributed by atoms with Crippen LogP contribution in [0.5, 0.6) is 5.75 Å². The number of methoxy groups -OCH3 is 1. The Morgan fingerprint density at radius 3 is 2.83 bits per heavy atom. The molecule has 2 atom stereocenters. The number of allylic oxidation sites excluding steroid dienone is 1. The monoisotopic (exact) mass is 430 g/mol. The average Bonchev–Trinajstić information content (AvgIpc) is 3.28. The van der Waals surface area contributed by atoms with E-state index in [9.17, 15) is 9.59 Å². The normalized spacial score (nSPS) is 21.2. The second-order valence-electron chi connectivity index (χ2n) is 6.40. The van der Waals surface area contributed by atoms with Gasteiger partial charge in [0.25, 0.3) is 0 Å². The maximum atomic E-state index is 12.9. The van der Waals surface area contributed by atoms with Gasteiger partial charge in [-0.25, -0.2) is 4.79 Å². The number of amides is 1. The molecule has 4 rings (SSSR count). The van der Waals surface area contributed by atoms with Crippen molar-refractivity contribution in [3.63, 3.8) is 0 Å². The largest absolute Gasteiger partial charge is 0.497 e. The van der Waals surface area contributed by atoms with Crippen LogP contribution in [-0.4, -0.2) is 50.6 Å². The van der Waals surface area contributed by atoms with Gasteiger partial charge in [0, 0.05) is 11.1 Å². The van der Waals surface area contributed by atoms with Gasteiger partial charge in [-0.3, -0.25) is 9.69 Å². The summed E-state index contributed by atoms with van der Waals surface area (Å²) in [7, 11) is 1.59. The first kappa shape index (κ1) is 19.6. The van der Waals surface area contributed by atoms with Crippen LogP contribution in [-0.2, 0) is 20.9 Å². The minimum atomic E-state index is -0.599. The van der Waals surface area contributed by atoms with Crippen LogP contribution < -0.4 is 10.5 Å². The van der Waals surface area contributed by atoms with Crippen LogP contribution in [0.25, 0.3) is 6.08 Å². The van der Waals surface area contributed by atoms with Crippen molar-refractivity contribution in [1.82, 2.24) is 14.5 Å². The van der Waals surface area contributed by atoms with Crippen LogP contribution in [0.1, 0.15) is 11.3 Å². The number of nitrogens with two attached hydrogens (primary N) is 1. The smallest absolute Gasteiger partial charge is 0.355 e. The molecule has 1 amide bonds. The summed E-state index contributed by atoms with van der Waals surface area (Å²) in [6, 6.07) is 6.63. The molecule has 3 heterocycles. The van der Waals surface area contributed by atoms with E-state index in [1.54, 1.807) is 36.8 Å². The maximum Gasteiger partial charge on any atom is 0.355 e. The third-order valence-electron chi connectivity index (χ3n) is 4.59. The Labute approximate surface area is 175 Å².